The van der Waals surface area contributed by atoms with Gasteiger partial charge in [0.15, 0.2) is 0 Å². The van der Waals surface area contributed by atoms with Gasteiger partial charge in [-0.25, -0.2) is 0 Å². The Labute approximate surface area is 339 Å². The minimum Gasteiger partial charge on any atom is -0.494 e. The molecule has 0 N–H and O–H groups in total. The molecule has 4 aromatic rings. The number of unbranched alkanes of at least 4 members (excludes halogenated alkanes) is 26. The van der Waals surface area contributed by atoms with E-state index >= 15 is 0 Å². The van der Waals surface area contributed by atoms with E-state index in [-0.39, 0.29) is 0 Å². The zero-order chi connectivity index (χ0) is 38.8. The van der Waals surface area contributed by atoms with Crippen molar-refractivity contribution in [2.24, 2.45) is 0 Å². The van der Waals surface area contributed by atoms with Crippen LogP contribution < -0.4 is 9.64 Å². The SMILES string of the molecule is CCCCCCCCCCCCCCCCOc1ccc(N(C)c2ccc3c4ccc(C)cc4n(CCCCCCCCCCCCCCCC)c3c2)cc1. The molecule has 1 aromatic heterocycles. The fraction of sp³-hybridized carbons (Fsp3) is 0.654. The van der Waals surface area contributed by atoms with Gasteiger partial charge in [-0.1, -0.05) is 199 Å². The van der Waals surface area contributed by atoms with Crippen LogP contribution in [0.15, 0.2) is 60.7 Å². The average Bonchev–Trinajstić information content (AvgIpc) is 3.50. The third-order valence-electron chi connectivity index (χ3n) is 12.1. The van der Waals surface area contributed by atoms with Crippen LogP contribution in [0.3, 0.4) is 0 Å². The van der Waals surface area contributed by atoms with Crippen molar-refractivity contribution in [3.05, 3.63) is 66.2 Å². The minimum absolute atomic E-state index is 0.813. The highest BCUT2D eigenvalue weighted by Crippen LogP contribution is 2.35. The molecule has 0 spiro atoms. The van der Waals surface area contributed by atoms with Crippen molar-refractivity contribution in [3.63, 3.8) is 0 Å². The fourth-order valence-electron chi connectivity index (χ4n) is 8.51. The van der Waals surface area contributed by atoms with Crippen LogP contribution in [0.4, 0.5) is 11.4 Å². The fourth-order valence-corrected chi connectivity index (χ4v) is 8.51. The molecule has 3 aromatic carbocycles. The van der Waals surface area contributed by atoms with Gasteiger partial charge in [-0.05, 0) is 67.8 Å². The average molecular weight is 751 g/mol. The number of nitrogens with zero attached hydrogens (tertiary/aromatic N) is 2. The molecular formula is C52H82N2O. The van der Waals surface area contributed by atoms with E-state index in [2.05, 4.69) is 97.9 Å². The maximum atomic E-state index is 6.15. The van der Waals surface area contributed by atoms with Gasteiger partial charge in [-0.3, -0.25) is 0 Å². The van der Waals surface area contributed by atoms with Crippen LogP contribution in [0.25, 0.3) is 21.8 Å². The predicted molar refractivity (Wildman–Crippen MR) is 245 cm³/mol. The van der Waals surface area contributed by atoms with Crippen LogP contribution in [-0.2, 0) is 6.54 Å². The van der Waals surface area contributed by atoms with E-state index in [1.165, 1.54) is 212 Å². The highest BCUT2D eigenvalue weighted by molar-refractivity contribution is 6.09. The molecule has 0 bridgehead atoms. The van der Waals surface area contributed by atoms with Gasteiger partial charge in [0.2, 0.25) is 0 Å². The van der Waals surface area contributed by atoms with Crippen molar-refractivity contribution >= 4 is 33.2 Å². The lowest BCUT2D eigenvalue weighted by Gasteiger charge is -2.20. The zero-order valence-corrected chi connectivity index (χ0v) is 36.3. The van der Waals surface area contributed by atoms with Gasteiger partial charge >= 0.3 is 0 Å². The van der Waals surface area contributed by atoms with Crippen molar-refractivity contribution in [1.82, 2.24) is 4.57 Å². The molecule has 4 rings (SSSR count). The monoisotopic (exact) mass is 751 g/mol. The molecule has 0 aliphatic heterocycles. The lowest BCUT2D eigenvalue weighted by Crippen LogP contribution is -2.09. The second-order valence-electron chi connectivity index (χ2n) is 17.0. The molecule has 0 amide bonds. The Morgan fingerprint density at radius 1 is 0.436 bits per heavy atom. The van der Waals surface area contributed by atoms with E-state index in [0.717, 1.165) is 25.3 Å². The van der Waals surface area contributed by atoms with Gasteiger partial charge in [-0.15, -0.1) is 0 Å². The number of aromatic nitrogens is 1. The van der Waals surface area contributed by atoms with Crippen molar-refractivity contribution in [2.45, 2.75) is 207 Å². The summed E-state index contributed by atoms with van der Waals surface area (Å²) in [5.41, 5.74) is 6.48. The van der Waals surface area contributed by atoms with Crippen LogP contribution >= 0.6 is 0 Å². The zero-order valence-electron chi connectivity index (χ0n) is 36.3. The Balaban J connectivity index is 1.16. The third-order valence-corrected chi connectivity index (χ3v) is 12.1. The van der Waals surface area contributed by atoms with Crippen LogP contribution in [0.2, 0.25) is 0 Å². The summed E-state index contributed by atoms with van der Waals surface area (Å²) in [6.07, 6.45) is 38.9. The topological polar surface area (TPSA) is 17.4 Å². The summed E-state index contributed by atoms with van der Waals surface area (Å²) in [7, 11) is 2.19. The number of anilines is 2. The Kier molecular flexibility index (Phi) is 22.5. The molecule has 1 heterocycles. The number of hydrogen-bond acceptors (Lipinski definition) is 2. The number of ether oxygens (including phenoxy) is 1. The maximum Gasteiger partial charge on any atom is 0.119 e. The standard InChI is InChI=1S/C52H82N2O/c1-5-7-9-11-13-15-17-19-21-23-25-27-29-31-41-54-51-43-45(3)33-39-49(51)50-40-36-47(44-52(50)54)53(4)46-34-37-48(38-35-46)55-42-32-30-28-26-24-22-20-18-16-14-12-10-8-6-2/h33-40,43-44H,5-32,41-42H2,1-4H3. The minimum atomic E-state index is 0.813. The summed E-state index contributed by atoms with van der Waals surface area (Å²) in [4.78, 5) is 2.32. The number of benzene rings is 3. The normalized spacial score (nSPS) is 11.6. The third kappa shape index (κ3) is 16.6. The molecule has 0 aliphatic rings. The van der Waals surface area contributed by atoms with Gasteiger partial charge in [-0.2, -0.15) is 0 Å². The molecule has 55 heavy (non-hydrogen) atoms. The van der Waals surface area contributed by atoms with Crippen molar-refractivity contribution in [3.8, 4) is 5.75 Å². The molecule has 3 heteroatoms. The lowest BCUT2D eigenvalue weighted by atomic mass is 10.0. The predicted octanol–water partition coefficient (Wildman–Crippen LogP) is 17.2. The highest BCUT2D eigenvalue weighted by Gasteiger charge is 2.14. The second kappa shape index (κ2) is 27.6. The number of aryl methyl sites for hydroxylation is 2. The molecular weight excluding hydrogens is 669 g/mol. The van der Waals surface area contributed by atoms with Crippen molar-refractivity contribution in [1.29, 1.82) is 0 Å². The molecule has 0 fully saturated rings. The van der Waals surface area contributed by atoms with Gasteiger partial charge in [0.1, 0.15) is 5.75 Å². The Morgan fingerprint density at radius 3 is 1.33 bits per heavy atom. The van der Waals surface area contributed by atoms with Crippen LogP contribution in [0.1, 0.15) is 199 Å². The Bertz CT molecular complexity index is 1550. The summed E-state index contributed by atoms with van der Waals surface area (Å²) in [5.74, 6) is 0.978. The summed E-state index contributed by atoms with van der Waals surface area (Å²) in [6, 6.07) is 22.7. The van der Waals surface area contributed by atoms with Crippen LogP contribution in [-0.4, -0.2) is 18.2 Å². The molecule has 306 valence electrons. The van der Waals surface area contributed by atoms with Crippen LogP contribution in [0, 0.1) is 6.92 Å². The quantitative estimate of drug-likeness (QED) is 0.0451. The molecule has 0 saturated heterocycles. The summed E-state index contributed by atoms with van der Waals surface area (Å²) in [5, 5.41) is 2.74. The lowest BCUT2D eigenvalue weighted by molar-refractivity contribution is 0.304. The van der Waals surface area contributed by atoms with E-state index in [0.29, 0.717) is 0 Å². The van der Waals surface area contributed by atoms with E-state index in [4.69, 9.17) is 4.74 Å². The number of hydrogen-bond donors (Lipinski definition) is 0. The highest BCUT2D eigenvalue weighted by atomic mass is 16.5. The number of fused-ring (bicyclic) bond motifs is 3. The summed E-state index contributed by atoms with van der Waals surface area (Å²) < 4.78 is 8.75. The first kappa shape index (κ1) is 44.8. The largest absolute Gasteiger partial charge is 0.494 e. The Hall–Kier alpha value is -2.94. The maximum absolute atomic E-state index is 6.15. The first-order valence-electron chi connectivity index (χ1n) is 23.6. The van der Waals surface area contributed by atoms with E-state index in [9.17, 15) is 0 Å². The molecule has 0 radical (unpaired) electrons. The van der Waals surface area contributed by atoms with E-state index in [1.54, 1.807) is 0 Å². The first-order chi connectivity index (χ1) is 27.1. The number of rotatable bonds is 33. The molecule has 0 atom stereocenters. The van der Waals surface area contributed by atoms with E-state index < -0.39 is 0 Å². The Morgan fingerprint density at radius 2 is 0.836 bits per heavy atom. The van der Waals surface area contributed by atoms with Crippen molar-refractivity contribution in [2.75, 3.05) is 18.6 Å². The van der Waals surface area contributed by atoms with E-state index in [1.807, 2.05) is 0 Å². The molecule has 0 unspecified atom stereocenters. The smallest absolute Gasteiger partial charge is 0.119 e. The van der Waals surface area contributed by atoms with Crippen molar-refractivity contribution < 1.29 is 4.74 Å². The summed E-state index contributed by atoms with van der Waals surface area (Å²) >= 11 is 0. The van der Waals surface area contributed by atoms with Gasteiger partial charge < -0.3 is 14.2 Å². The van der Waals surface area contributed by atoms with Gasteiger partial charge in [0.25, 0.3) is 0 Å². The van der Waals surface area contributed by atoms with Crippen LogP contribution in [0.5, 0.6) is 5.75 Å². The molecule has 0 saturated carbocycles. The first-order valence-corrected chi connectivity index (χ1v) is 23.6. The molecule has 3 nitrogen and oxygen atoms in total. The molecule has 0 aliphatic carbocycles. The summed E-state index contributed by atoms with van der Waals surface area (Å²) in [6.45, 7) is 8.72. The van der Waals surface area contributed by atoms with Gasteiger partial charge in [0, 0.05) is 41.3 Å². The van der Waals surface area contributed by atoms with Gasteiger partial charge in [0.05, 0.1) is 12.1 Å². The second-order valence-corrected chi connectivity index (χ2v) is 17.0.